The second-order valence-electron chi connectivity index (χ2n) is 8.41. The van der Waals surface area contributed by atoms with Crippen LogP contribution in [0.1, 0.15) is 57.3 Å². The van der Waals surface area contributed by atoms with Crippen molar-refractivity contribution in [1.29, 1.82) is 0 Å². The maximum atomic E-state index is 12.9. The van der Waals surface area contributed by atoms with Crippen molar-refractivity contribution in [3.8, 4) is 11.1 Å². The Morgan fingerprint density at radius 1 is 1.03 bits per heavy atom. The maximum Gasteiger partial charge on any atom is 0.326 e. The summed E-state index contributed by atoms with van der Waals surface area (Å²) in [6, 6.07) is 15.2. The Balaban J connectivity index is 1.84. The number of benzene rings is 2. The second-order valence-corrected chi connectivity index (χ2v) is 8.41. The number of rotatable bonds is 10. The van der Waals surface area contributed by atoms with Crippen LogP contribution >= 0.6 is 0 Å². The predicted molar refractivity (Wildman–Crippen MR) is 123 cm³/mol. The second kappa shape index (κ2) is 11.2. The molecule has 0 spiro atoms. The summed E-state index contributed by atoms with van der Waals surface area (Å²) >= 11 is 0. The molecule has 0 aromatic heterocycles. The molecule has 8 heteroatoms. The summed E-state index contributed by atoms with van der Waals surface area (Å²) in [6.07, 6.45) is 1.92. The van der Waals surface area contributed by atoms with Gasteiger partial charge in [0, 0.05) is 13.0 Å². The molecule has 2 aromatic carbocycles. The van der Waals surface area contributed by atoms with Gasteiger partial charge in [-0.25, -0.2) is 15.6 Å². The van der Waals surface area contributed by atoms with Gasteiger partial charge in [-0.1, -0.05) is 75.7 Å². The fourth-order valence-electron chi connectivity index (χ4n) is 4.00. The largest absolute Gasteiger partial charge is 0.480 e. The van der Waals surface area contributed by atoms with Crippen LogP contribution in [0.5, 0.6) is 0 Å². The van der Waals surface area contributed by atoms with Gasteiger partial charge in [0.25, 0.3) is 0 Å². The number of aliphatic carboxylic acids is 1. The molecule has 1 aliphatic heterocycles. The standard InChI is InChI=1S/C24H33N5O3/c1-4-5-10-21(30)29(22(16(2)3)24(31)32)15-17-11-13-18(14-12-17)19-8-6-7-9-20(19)23-25-27-28-26-23/h6-9,11-14,16,22-23,25-28H,4-5,10,15H2,1-3H3,(H,31,32)/t22-/m0/s1. The number of carbonyl (C=O) groups excluding carboxylic acids is 1. The fourth-order valence-corrected chi connectivity index (χ4v) is 4.00. The van der Waals surface area contributed by atoms with E-state index in [1.54, 1.807) is 0 Å². The van der Waals surface area contributed by atoms with Gasteiger partial charge in [-0.05, 0) is 34.6 Å². The number of nitrogens with one attached hydrogen (secondary N) is 4. The fraction of sp³-hybridized carbons (Fsp3) is 0.417. The smallest absolute Gasteiger partial charge is 0.326 e. The van der Waals surface area contributed by atoms with Gasteiger partial charge >= 0.3 is 5.97 Å². The van der Waals surface area contributed by atoms with Crippen LogP contribution in [0, 0.1) is 5.92 Å². The number of carboxylic acids is 1. The van der Waals surface area contributed by atoms with Gasteiger partial charge < -0.3 is 10.0 Å². The molecular formula is C24H33N5O3. The van der Waals surface area contributed by atoms with E-state index in [0.717, 1.165) is 35.1 Å². The number of nitrogens with zero attached hydrogens (tertiary/aromatic N) is 1. The van der Waals surface area contributed by atoms with Gasteiger partial charge in [0.2, 0.25) is 5.91 Å². The molecule has 3 rings (SSSR count). The van der Waals surface area contributed by atoms with Crippen LogP contribution < -0.4 is 21.9 Å². The van der Waals surface area contributed by atoms with Crippen LogP contribution in [-0.2, 0) is 16.1 Å². The van der Waals surface area contributed by atoms with Crippen LogP contribution in [0.15, 0.2) is 48.5 Å². The summed E-state index contributed by atoms with van der Waals surface area (Å²) in [7, 11) is 0. The highest BCUT2D eigenvalue weighted by molar-refractivity contribution is 5.84. The maximum absolute atomic E-state index is 12.9. The monoisotopic (exact) mass is 439 g/mol. The summed E-state index contributed by atoms with van der Waals surface area (Å²) in [5.41, 5.74) is 16.0. The van der Waals surface area contributed by atoms with Crippen LogP contribution in [0.3, 0.4) is 0 Å². The Morgan fingerprint density at radius 3 is 2.28 bits per heavy atom. The van der Waals surface area contributed by atoms with Gasteiger partial charge in [0.1, 0.15) is 12.2 Å². The molecule has 0 unspecified atom stereocenters. The summed E-state index contributed by atoms with van der Waals surface area (Å²) < 4.78 is 0. The third-order valence-corrected chi connectivity index (χ3v) is 5.67. The van der Waals surface area contributed by atoms with E-state index in [2.05, 4.69) is 34.1 Å². The van der Waals surface area contributed by atoms with E-state index in [1.165, 1.54) is 4.90 Å². The van der Waals surface area contributed by atoms with E-state index in [4.69, 9.17) is 0 Å². The lowest BCUT2D eigenvalue weighted by atomic mass is 9.96. The third-order valence-electron chi connectivity index (χ3n) is 5.67. The molecule has 0 radical (unpaired) electrons. The Hall–Kier alpha value is -2.78. The molecule has 0 saturated carbocycles. The average Bonchev–Trinajstić information content (AvgIpc) is 3.32. The van der Waals surface area contributed by atoms with Crippen molar-refractivity contribution >= 4 is 11.9 Å². The Bertz CT molecular complexity index is 910. The summed E-state index contributed by atoms with van der Waals surface area (Å²) in [6.45, 7) is 5.98. The molecule has 1 aliphatic rings. The SMILES string of the molecule is CCCCC(=O)N(Cc1ccc(-c2ccccc2C2NNNN2)cc1)[C@H](C(=O)O)C(C)C. The van der Waals surface area contributed by atoms with Gasteiger partial charge in [-0.3, -0.25) is 4.79 Å². The highest BCUT2D eigenvalue weighted by Crippen LogP contribution is 2.28. The minimum Gasteiger partial charge on any atom is -0.480 e. The van der Waals surface area contributed by atoms with Gasteiger partial charge in [-0.15, -0.1) is 0 Å². The molecule has 0 bridgehead atoms. The van der Waals surface area contributed by atoms with Crippen LogP contribution in [0.25, 0.3) is 11.1 Å². The molecule has 32 heavy (non-hydrogen) atoms. The lowest BCUT2D eigenvalue weighted by Gasteiger charge is -2.32. The number of amides is 1. The van der Waals surface area contributed by atoms with Crippen molar-refractivity contribution < 1.29 is 14.7 Å². The number of hydrogen-bond donors (Lipinski definition) is 5. The van der Waals surface area contributed by atoms with Gasteiger partial charge in [0.05, 0.1) is 0 Å². The molecule has 172 valence electrons. The Morgan fingerprint density at radius 2 is 1.69 bits per heavy atom. The zero-order valence-corrected chi connectivity index (χ0v) is 18.9. The van der Waals surface area contributed by atoms with Crippen molar-refractivity contribution in [2.45, 2.75) is 58.8 Å². The highest BCUT2D eigenvalue weighted by atomic mass is 16.4. The number of carbonyl (C=O) groups is 2. The Kier molecular flexibility index (Phi) is 8.35. The quantitative estimate of drug-likeness (QED) is 0.387. The van der Waals surface area contributed by atoms with Crippen LogP contribution in [0.2, 0.25) is 0 Å². The molecule has 1 saturated heterocycles. The molecule has 5 N–H and O–H groups in total. The normalized spacial score (nSPS) is 15.1. The predicted octanol–water partition coefficient (Wildman–Crippen LogP) is 3.10. The van der Waals surface area contributed by atoms with Crippen molar-refractivity contribution in [2.24, 2.45) is 5.92 Å². The summed E-state index contributed by atoms with van der Waals surface area (Å²) in [5.74, 6) is -1.26. The molecule has 8 nitrogen and oxygen atoms in total. The third kappa shape index (κ3) is 5.72. The minimum absolute atomic E-state index is 0.0834. The topological polar surface area (TPSA) is 106 Å². The van der Waals surface area contributed by atoms with E-state index < -0.39 is 12.0 Å². The van der Waals surface area contributed by atoms with E-state index in [-0.39, 0.29) is 24.5 Å². The average molecular weight is 440 g/mol. The first-order valence-corrected chi connectivity index (χ1v) is 11.1. The molecular weight excluding hydrogens is 406 g/mol. The molecule has 1 fully saturated rings. The van der Waals surface area contributed by atoms with E-state index in [9.17, 15) is 14.7 Å². The molecule has 1 amide bonds. The first-order valence-electron chi connectivity index (χ1n) is 11.1. The first kappa shape index (κ1) is 23.9. The first-order chi connectivity index (χ1) is 15.4. The summed E-state index contributed by atoms with van der Waals surface area (Å²) in [5, 5.41) is 9.78. The van der Waals surface area contributed by atoms with Gasteiger partial charge in [0.15, 0.2) is 0 Å². The van der Waals surface area contributed by atoms with Crippen molar-refractivity contribution in [3.05, 3.63) is 59.7 Å². The molecule has 2 aromatic rings. The lowest BCUT2D eigenvalue weighted by molar-refractivity contribution is -0.153. The molecule has 0 aliphatic carbocycles. The van der Waals surface area contributed by atoms with E-state index in [1.807, 2.05) is 57.2 Å². The minimum atomic E-state index is -0.964. The number of hydrazine groups is 3. The lowest BCUT2D eigenvalue weighted by Crippen LogP contribution is -2.47. The highest BCUT2D eigenvalue weighted by Gasteiger charge is 2.32. The van der Waals surface area contributed by atoms with Gasteiger partial charge in [-0.2, -0.15) is 11.1 Å². The van der Waals surface area contributed by atoms with Crippen molar-refractivity contribution in [2.75, 3.05) is 0 Å². The van der Waals surface area contributed by atoms with Crippen molar-refractivity contribution in [3.63, 3.8) is 0 Å². The Labute approximate surface area is 189 Å². The van der Waals surface area contributed by atoms with Crippen LogP contribution in [-0.4, -0.2) is 27.9 Å². The number of carboxylic acid groups (broad SMARTS) is 1. The van der Waals surface area contributed by atoms with E-state index in [0.29, 0.717) is 6.42 Å². The zero-order chi connectivity index (χ0) is 23.1. The number of unbranched alkanes of at least 4 members (excludes halogenated alkanes) is 1. The molecule has 1 atom stereocenters. The van der Waals surface area contributed by atoms with Crippen LogP contribution in [0.4, 0.5) is 0 Å². The summed E-state index contributed by atoms with van der Waals surface area (Å²) in [4.78, 5) is 26.3. The van der Waals surface area contributed by atoms with E-state index >= 15 is 0 Å². The molecule has 1 heterocycles. The zero-order valence-electron chi connectivity index (χ0n) is 18.9. The van der Waals surface area contributed by atoms with Crippen molar-refractivity contribution in [1.82, 2.24) is 26.8 Å². The number of hydrogen-bond acceptors (Lipinski definition) is 6.